The second-order valence-corrected chi connectivity index (χ2v) is 6.57. The minimum Gasteiger partial charge on any atom is -0.495 e. The Kier molecular flexibility index (Phi) is 11.4. The van der Waals surface area contributed by atoms with E-state index in [4.69, 9.17) is 21.1 Å². The Morgan fingerprint density at radius 1 is 0.958 bits per heavy atom. The van der Waals surface area contributed by atoms with E-state index in [0.717, 1.165) is 12.8 Å². The van der Waals surface area contributed by atoms with E-state index in [2.05, 4.69) is 6.92 Å². The van der Waals surface area contributed by atoms with Crippen molar-refractivity contribution in [2.45, 2.75) is 71.1 Å². The third-order valence-corrected chi connectivity index (χ3v) is 4.41. The second-order valence-electron chi connectivity index (χ2n) is 6.17. The first-order valence-electron chi connectivity index (χ1n) is 9.19. The summed E-state index contributed by atoms with van der Waals surface area (Å²) in [5.41, 5.74) is 0.466. The molecular weight excluding hydrogens is 324 g/mol. The molecule has 0 fully saturated rings. The summed E-state index contributed by atoms with van der Waals surface area (Å²) >= 11 is 6.01. The molecule has 0 N–H and O–H groups in total. The zero-order chi connectivity index (χ0) is 17.6. The molecule has 0 aliphatic rings. The molecule has 0 aromatic heterocycles. The van der Waals surface area contributed by atoms with Gasteiger partial charge in [-0.25, -0.2) is 4.79 Å². The summed E-state index contributed by atoms with van der Waals surface area (Å²) in [6.07, 6.45) is 12.6. The van der Waals surface area contributed by atoms with Gasteiger partial charge in [0.2, 0.25) is 0 Å². The Morgan fingerprint density at radius 3 is 2.08 bits per heavy atom. The lowest BCUT2D eigenvalue weighted by Crippen LogP contribution is -2.06. The number of unbranched alkanes of at least 4 members (excludes halogenated alkanes) is 9. The lowest BCUT2D eigenvalue weighted by molar-refractivity contribution is 0.0497. The van der Waals surface area contributed by atoms with E-state index in [1.807, 2.05) is 0 Å². The minimum atomic E-state index is -0.324. The molecule has 0 heterocycles. The maximum absolute atomic E-state index is 11.9. The summed E-state index contributed by atoms with van der Waals surface area (Å²) in [6, 6.07) is 4.94. The van der Waals surface area contributed by atoms with Gasteiger partial charge < -0.3 is 9.47 Å². The van der Waals surface area contributed by atoms with Crippen molar-refractivity contribution in [2.24, 2.45) is 0 Å². The van der Waals surface area contributed by atoms with Gasteiger partial charge in [0.15, 0.2) is 0 Å². The summed E-state index contributed by atoms with van der Waals surface area (Å²) in [7, 11) is 1.55. The summed E-state index contributed by atoms with van der Waals surface area (Å²) in [6.45, 7) is 2.72. The SMILES string of the molecule is CCCCCCCCCCCCOC(=O)c1ccc(OC)c(Cl)c1. The maximum Gasteiger partial charge on any atom is 0.338 e. The number of ether oxygens (including phenoxy) is 2. The van der Waals surface area contributed by atoms with E-state index in [9.17, 15) is 4.79 Å². The van der Waals surface area contributed by atoms with Crippen LogP contribution >= 0.6 is 11.6 Å². The van der Waals surface area contributed by atoms with Crippen LogP contribution < -0.4 is 4.74 Å². The molecule has 24 heavy (non-hydrogen) atoms. The molecule has 136 valence electrons. The van der Waals surface area contributed by atoms with Crippen LogP contribution in [0.15, 0.2) is 18.2 Å². The van der Waals surface area contributed by atoms with Gasteiger partial charge in [-0.2, -0.15) is 0 Å². The fourth-order valence-electron chi connectivity index (χ4n) is 2.63. The quantitative estimate of drug-likeness (QED) is 0.302. The molecule has 0 unspecified atom stereocenters. The Balaban J connectivity index is 2.05. The predicted octanol–water partition coefficient (Wildman–Crippen LogP) is 6.43. The number of carbonyl (C=O) groups is 1. The zero-order valence-corrected chi connectivity index (χ0v) is 15.9. The molecule has 0 aliphatic heterocycles. The topological polar surface area (TPSA) is 35.5 Å². The molecule has 3 nitrogen and oxygen atoms in total. The molecule has 4 heteroatoms. The third kappa shape index (κ3) is 8.58. The van der Waals surface area contributed by atoms with E-state index in [0.29, 0.717) is 22.9 Å². The lowest BCUT2D eigenvalue weighted by Gasteiger charge is -2.07. The van der Waals surface area contributed by atoms with Crippen molar-refractivity contribution in [1.82, 2.24) is 0 Å². The Labute approximate surface area is 151 Å². The second kappa shape index (κ2) is 13.1. The molecule has 1 rings (SSSR count). The first kappa shape index (κ1) is 20.8. The van der Waals surface area contributed by atoms with E-state index < -0.39 is 0 Å². The van der Waals surface area contributed by atoms with Crippen LogP contribution in [0.4, 0.5) is 0 Å². The lowest BCUT2D eigenvalue weighted by atomic mass is 10.1. The number of hydrogen-bond acceptors (Lipinski definition) is 3. The van der Waals surface area contributed by atoms with Gasteiger partial charge in [0.1, 0.15) is 5.75 Å². The highest BCUT2D eigenvalue weighted by atomic mass is 35.5. The first-order valence-corrected chi connectivity index (χ1v) is 9.57. The number of rotatable bonds is 13. The highest BCUT2D eigenvalue weighted by Gasteiger charge is 2.10. The van der Waals surface area contributed by atoms with E-state index in [-0.39, 0.29) is 5.97 Å². The van der Waals surface area contributed by atoms with Crippen LogP contribution in [-0.2, 0) is 4.74 Å². The molecule has 0 atom stereocenters. The Bertz CT molecular complexity index is 474. The molecule has 0 aliphatic carbocycles. The molecule has 0 saturated carbocycles. The van der Waals surface area contributed by atoms with Crippen molar-refractivity contribution in [3.63, 3.8) is 0 Å². The van der Waals surface area contributed by atoms with Crippen LogP contribution in [0.5, 0.6) is 5.75 Å². The fourth-order valence-corrected chi connectivity index (χ4v) is 2.89. The summed E-state index contributed by atoms with van der Waals surface area (Å²) in [4.78, 5) is 11.9. The van der Waals surface area contributed by atoms with Crippen molar-refractivity contribution in [2.75, 3.05) is 13.7 Å². The minimum absolute atomic E-state index is 0.324. The van der Waals surface area contributed by atoms with Crippen LogP contribution in [0.1, 0.15) is 81.5 Å². The number of hydrogen-bond donors (Lipinski definition) is 0. The predicted molar refractivity (Wildman–Crippen MR) is 100 cm³/mol. The van der Waals surface area contributed by atoms with Crippen molar-refractivity contribution >= 4 is 17.6 Å². The molecule has 0 saturated heterocycles. The highest BCUT2D eigenvalue weighted by Crippen LogP contribution is 2.25. The average Bonchev–Trinajstić information content (AvgIpc) is 2.59. The van der Waals surface area contributed by atoms with Gasteiger partial charge >= 0.3 is 5.97 Å². The number of benzene rings is 1. The van der Waals surface area contributed by atoms with Gasteiger partial charge in [-0.05, 0) is 24.6 Å². The van der Waals surface area contributed by atoms with Crippen molar-refractivity contribution in [1.29, 1.82) is 0 Å². The van der Waals surface area contributed by atoms with Gasteiger partial charge in [0.25, 0.3) is 0 Å². The molecule has 0 amide bonds. The molecule has 0 bridgehead atoms. The molecular formula is C20H31ClO3. The zero-order valence-electron chi connectivity index (χ0n) is 15.1. The Hall–Kier alpha value is -1.22. The van der Waals surface area contributed by atoms with Crippen LogP contribution in [0.3, 0.4) is 0 Å². The van der Waals surface area contributed by atoms with Gasteiger partial charge in [0, 0.05) is 0 Å². The molecule has 1 aromatic rings. The van der Waals surface area contributed by atoms with Crippen molar-refractivity contribution in [3.8, 4) is 5.75 Å². The standard InChI is InChI=1S/C20H31ClO3/c1-3-4-5-6-7-8-9-10-11-12-15-24-20(22)17-13-14-19(23-2)18(21)16-17/h13-14,16H,3-12,15H2,1-2H3. The fraction of sp³-hybridized carbons (Fsp3) is 0.650. The van der Waals surface area contributed by atoms with Crippen LogP contribution in [0, 0.1) is 0 Å². The molecule has 0 spiro atoms. The number of methoxy groups -OCH3 is 1. The van der Waals surface area contributed by atoms with Crippen LogP contribution in [-0.4, -0.2) is 19.7 Å². The number of halogens is 1. The number of carbonyl (C=O) groups excluding carboxylic acids is 1. The largest absolute Gasteiger partial charge is 0.495 e. The van der Waals surface area contributed by atoms with Crippen LogP contribution in [0.25, 0.3) is 0 Å². The maximum atomic E-state index is 11.9. The van der Waals surface area contributed by atoms with Gasteiger partial charge in [-0.1, -0.05) is 76.3 Å². The third-order valence-electron chi connectivity index (χ3n) is 4.12. The normalized spacial score (nSPS) is 10.6. The van der Waals surface area contributed by atoms with E-state index in [1.165, 1.54) is 51.4 Å². The van der Waals surface area contributed by atoms with E-state index >= 15 is 0 Å². The van der Waals surface area contributed by atoms with Gasteiger partial charge in [-0.3, -0.25) is 0 Å². The summed E-state index contributed by atoms with van der Waals surface area (Å²) in [5, 5.41) is 0.422. The highest BCUT2D eigenvalue weighted by molar-refractivity contribution is 6.32. The summed E-state index contributed by atoms with van der Waals surface area (Å²) < 4.78 is 10.4. The first-order chi connectivity index (χ1) is 11.7. The Morgan fingerprint density at radius 2 is 1.54 bits per heavy atom. The van der Waals surface area contributed by atoms with Gasteiger partial charge in [-0.15, -0.1) is 0 Å². The van der Waals surface area contributed by atoms with Crippen molar-refractivity contribution in [3.05, 3.63) is 28.8 Å². The van der Waals surface area contributed by atoms with Crippen LogP contribution in [0.2, 0.25) is 5.02 Å². The van der Waals surface area contributed by atoms with E-state index in [1.54, 1.807) is 25.3 Å². The smallest absolute Gasteiger partial charge is 0.338 e. The van der Waals surface area contributed by atoms with Gasteiger partial charge in [0.05, 0.1) is 24.3 Å². The summed E-state index contributed by atoms with van der Waals surface area (Å²) in [5.74, 6) is 0.235. The molecule has 0 radical (unpaired) electrons. The van der Waals surface area contributed by atoms with Crippen molar-refractivity contribution < 1.29 is 14.3 Å². The number of esters is 1. The monoisotopic (exact) mass is 354 g/mol. The molecule has 1 aromatic carbocycles. The average molecular weight is 355 g/mol.